The summed E-state index contributed by atoms with van der Waals surface area (Å²) in [7, 11) is 0. The minimum absolute atomic E-state index is 0.492. The molecule has 0 aliphatic heterocycles. The standard InChI is InChI=1S/C10H7Br2FN2O/c11-8-3-7(16-10(8)12)5-14-6-1-2-9(13)15-4-6/h1-4,14H,5H2. The molecule has 0 spiro atoms. The van der Waals surface area contributed by atoms with E-state index in [0.29, 0.717) is 11.2 Å². The third-order valence-electron chi connectivity index (χ3n) is 1.89. The SMILES string of the molecule is Fc1ccc(NCc2cc(Br)c(Br)o2)cn1. The Labute approximate surface area is 108 Å². The molecule has 0 saturated carbocycles. The highest BCUT2D eigenvalue weighted by atomic mass is 79.9. The predicted molar refractivity (Wildman–Crippen MR) is 65.6 cm³/mol. The monoisotopic (exact) mass is 348 g/mol. The Hall–Kier alpha value is -0.880. The molecule has 0 atom stereocenters. The number of anilines is 1. The van der Waals surface area contributed by atoms with E-state index in [1.165, 1.54) is 12.3 Å². The maximum Gasteiger partial charge on any atom is 0.212 e. The van der Waals surface area contributed by atoms with Crippen molar-refractivity contribution in [3.8, 4) is 0 Å². The lowest BCUT2D eigenvalue weighted by Crippen LogP contribution is -1.98. The Morgan fingerprint density at radius 1 is 1.38 bits per heavy atom. The maximum atomic E-state index is 12.5. The predicted octanol–water partition coefficient (Wildman–Crippen LogP) is 3.95. The van der Waals surface area contributed by atoms with Crippen LogP contribution in [-0.2, 0) is 6.54 Å². The van der Waals surface area contributed by atoms with Gasteiger partial charge in [-0.15, -0.1) is 0 Å². The van der Waals surface area contributed by atoms with Gasteiger partial charge in [0.25, 0.3) is 0 Å². The maximum absolute atomic E-state index is 12.5. The Balaban J connectivity index is 1.99. The number of hydrogen-bond acceptors (Lipinski definition) is 3. The molecule has 0 unspecified atom stereocenters. The summed E-state index contributed by atoms with van der Waals surface area (Å²) in [5.74, 6) is 0.275. The van der Waals surface area contributed by atoms with Crippen LogP contribution in [0.2, 0.25) is 0 Å². The molecule has 0 aromatic carbocycles. The zero-order chi connectivity index (χ0) is 11.5. The van der Waals surface area contributed by atoms with E-state index in [0.717, 1.165) is 15.9 Å². The highest BCUT2D eigenvalue weighted by molar-refractivity contribution is 9.13. The molecular weight excluding hydrogens is 343 g/mol. The number of nitrogens with one attached hydrogen (secondary N) is 1. The van der Waals surface area contributed by atoms with E-state index in [1.807, 2.05) is 6.07 Å². The molecule has 3 nitrogen and oxygen atoms in total. The lowest BCUT2D eigenvalue weighted by atomic mass is 10.4. The number of nitrogens with zero attached hydrogens (tertiary/aromatic N) is 1. The topological polar surface area (TPSA) is 38.1 Å². The fraction of sp³-hybridized carbons (Fsp3) is 0.100. The number of furan rings is 1. The third-order valence-corrected chi connectivity index (χ3v) is 3.60. The van der Waals surface area contributed by atoms with Gasteiger partial charge in [-0.25, -0.2) is 4.98 Å². The average molecular weight is 350 g/mol. The summed E-state index contributed by atoms with van der Waals surface area (Å²) in [6, 6.07) is 4.78. The minimum Gasteiger partial charge on any atom is -0.451 e. The molecule has 2 rings (SSSR count). The van der Waals surface area contributed by atoms with Crippen LogP contribution in [-0.4, -0.2) is 4.98 Å². The lowest BCUT2D eigenvalue weighted by molar-refractivity contribution is 0.494. The van der Waals surface area contributed by atoms with Crippen molar-refractivity contribution in [3.05, 3.63) is 45.2 Å². The van der Waals surface area contributed by atoms with Gasteiger partial charge in [0.05, 0.1) is 22.9 Å². The summed E-state index contributed by atoms with van der Waals surface area (Å²) in [5, 5.41) is 3.06. The first-order valence-electron chi connectivity index (χ1n) is 4.44. The van der Waals surface area contributed by atoms with Crippen LogP contribution in [0.5, 0.6) is 0 Å². The highest BCUT2D eigenvalue weighted by Gasteiger charge is 2.05. The second-order valence-corrected chi connectivity index (χ2v) is 4.63. The van der Waals surface area contributed by atoms with Crippen molar-refractivity contribution in [2.75, 3.05) is 5.32 Å². The molecule has 0 fully saturated rings. The smallest absolute Gasteiger partial charge is 0.212 e. The van der Waals surface area contributed by atoms with Crippen molar-refractivity contribution in [2.24, 2.45) is 0 Å². The van der Waals surface area contributed by atoms with Crippen LogP contribution in [0.15, 0.2) is 38.0 Å². The summed E-state index contributed by atoms with van der Waals surface area (Å²) in [6.45, 7) is 0.511. The Morgan fingerprint density at radius 2 is 2.19 bits per heavy atom. The fourth-order valence-electron chi connectivity index (χ4n) is 1.15. The van der Waals surface area contributed by atoms with Crippen molar-refractivity contribution in [2.45, 2.75) is 6.54 Å². The van der Waals surface area contributed by atoms with Crippen LogP contribution in [0, 0.1) is 5.95 Å². The van der Waals surface area contributed by atoms with Gasteiger partial charge < -0.3 is 9.73 Å². The van der Waals surface area contributed by atoms with Crippen LogP contribution >= 0.6 is 31.9 Å². The molecule has 2 aromatic rings. The molecular formula is C10H7Br2FN2O. The second-order valence-electron chi connectivity index (χ2n) is 3.06. The first kappa shape index (κ1) is 11.6. The van der Waals surface area contributed by atoms with E-state index in [2.05, 4.69) is 42.2 Å². The molecule has 2 heterocycles. The van der Waals surface area contributed by atoms with Gasteiger partial charge in [0.15, 0.2) is 4.67 Å². The number of halogens is 3. The summed E-state index contributed by atoms with van der Waals surface area (Å²) in [6.07, 6.45) is 1.43. The lowest BCUT2D eigenvalue weighted by Gasteiger charge is -2.02. The van der Waals surface area contributed by atoms with Crippen LogP contribution in [0.3, 0.4) is 0 Å². The highest BCUT2D eigenvalue weighted by Crippen LogP contribution is 2.27. The first-order chi connectivity index (χ1) is 7.65. The van der Waals surface area contributed by atoms with Crippen LogP contribution in [0.1, 0.15) is 5.76 Å². The van der Waals surface area contributed by atoms with E-state index in [-0.39, 0.29) is 0 Å². The van der Waals surface area contributed by atoms with Gasteiger partial charge in [-0.3, -0.25) is 0 Å². The zero-order valence-corrected chi connectivity index (χ0v) is 11.2. The summed E-state index contributed by atoms with van der Waals surface area (Å²) in [5.41, 5.74) is 0.741. The van der Waals surface area contributed by atoms with Crippen molar-refractivity contribution < 1.29 is 8.81 Å². The van der Waals surface area contributed by atoms with Crippen LogP contribution in [0.25, 0.3) is 0 Å². The van der Waals surface area contributed by atoms with E-state index in [4.69, 9.17) is 4.42 Å². The van der Waals surface area contributed by atoms with Gasteiger partial charge in [-0.1, -0.05) is 0 Å². The zero-order valence-electron chi connectivity index (χ0n) is 8.01. The fourth-order valence-corrected chi connectivity index (χ4v) is 1.81. The van der Waals surface area contributed by atoms with Crippen molar-refractivity contribution >= 4 is 37.5 Å². The van der Waals surface area contributed by atoms with Gasteiger partial charge in [-0.2, -0.15) is 4.39 Å². The van der Waals surface area contributed by atoms with Crippen molar-refractivity contribution in [1.82, 2.24) is 4.98 Å². The average Bonchev–Trinajstić information content (AvgIpc) is 2.58. The van der Waals surface area contributed by atoms with Gasteiger partial charge in [-0.05, 0) is 50.1 Å². The number of hydrogen-bond donors (Lipinski definition) is 1. The molecule has 1 N–H and O–H groups in total. The van der Waals surface area contributed by atoms with Crippen LogP contribution < -0.4 is 5.32 Å². The Kier molecular flexibility index (Phi) is 3.60. The Morgan fingerprint density at radius 3 is 2.75 bits per heavy atom. The summed E-state index contributed by atoms with van der Waals surface area (Å²) < 4.78 is 19.4. The van der Waals surface area contributed by atoms with Crippen LogP contribution in [0.4, 0.5) is 10.1 Å². The van der Waals surface area contributed by atoms with Gasteiger partial charge >= 0.3 is 0 Å². The molecule has 0 radical (unpaired) electrons. The minimum atomic E-state index is -0.492. The largest absolute Gasteiger partial charge is 0.451 e. The normalized spacial score (nSPS) is 10.4. The summed E-state index contributed by atoms with van der Waals surface area (Å²) >= 11 is 6.57. The van der Waals surface area contributed by atoms with Gasteiger partial charge in [0.2, 0.25) is 5.95 Å². The number of rotatable bonds is 3. The van der Waals surface area contributed by atoms with Crippen molar-refractivity contribution in [3.63, 3.8) is 0 Å². The van der Waals surface area contributed by atoms with Crippen molar-refractivity contribution in [1.29, 1.82) is 0 Å². The summed E-state index contributed by atoms with van der Waals surface area (Å²) in [4.78, 5) is 3.54. The first-order valence-corrected chi connectivity index (χ1v) is 6.03. The van der Waals surface area contributed by atoms with E-state index in [9.17, 15) is 4.39 Å². The molecule has 0 bridgehead atoms. The Bertz CT molecular complexity index is 465. The number of aromatic nitrogens is 1. The molecule has 16 heavy (non-hydrogen) atoms. The van der Waals surface area contributed by atoms with E-state index in [1.54, 1.807) is 6.07 Å². The molecule has 0 aliphatic rings. The third kappa shape index (κ3) is 2.82. The van der Waals surface area contributed by atoms with Gasteiger partial charge in [0, 0.05) is 0 Å². The van der Waals surface area contributed by atoms with E-state index >= 15 is 0 Å². The molecule has 6 heteroatoms. The molecule has 0 saturated heterocycles. The quantitative estimate of drug-likeness (QED) is 0.852. The second kappa shape index (κ2) is 4.97. The molecule has 0 aliphatic carbocycles. The molecule has 2 aromatic heterocycles. The number of pyridine rings is 1. The van der Waals surface area contributed by atoms with E-state index < -0.39 is 5.95 Å². The van der Waals surface area contributed by atoms with Gasteiger partial charge in [0.1, 0.15) is 5.76 Å². The molecule has 0 amide bonds. The molecule has 84 valence electrons.